The first-order valence-corrected chi connectivity index (χ1v) is 9.79. The molecule has 3 rings (SSSR count). The van der Waals surface area contributed by atoms with E-state index in [1.54, 1.807) is 18.2 Å². The first-order chi connectivity index (χ1) is 15.2. The predicted molar refractivity (Wildman–Crippen MR) is 118 cm³/mol. The standard InChI is InChI=1S/C23H17ClN2O6/c1-14(21(27)16-4-2-6-18(24)12-16)32-23(29)15-8-10-19(11-9-15)25-22(28)17-5-3-7-20(13-17)26(30)31/h2-14H,1H3,(H,25,28). The topological polar surface area (TPSA) is 116 Å². The zero-order chi connectivity index (χ0) is 23.3. The Bertz CT molecular complexity index is 1190. The fraction of sp³-hybridized carbons (Fsp3) is 0.0870. The van der Waals surface area contributed by atoms with Gasteiger partial charge in [-0.3, -0.25) is 19.7 Å². The number of rotatable bonds is 7. The molecular formula is C23H17ClN2O6. The monoisotopic (exact) mass is 452 g/mol. The van der Waals surface area contributed by atoms with Gasteiger partial charge in [-0.1, -0.05) is 29.8 Å². The Labute approximate surface area is 187 Å². The second-order valence-electron chi connectivity index (χ2n) is 6.76. The lowest BCUT2D eigenvalue weighted by atomic mass is 10.1. The van der Waals surface area contributed by atoms with E-state index in [1.807, 2.05) is 0 Å². The molecule has 3 aromatic carbocycles. The minimum absolute atomic E-state index is 0.121. The molecular weight excluding hydrogens is 436 g/mol. The zero-order valence-corrected chi connectivity index (χ0v) is 17.5. The van der Waals surface area contributed by atoms with E-state index in [0.29, 0.717) is 16.3 Å². The van der Waals surface area contributed by atoms with E-state index in [-0.39, 0.29) is 22.6 Å². The Kier molecular flexibility index (Phi) is 6.97. The van der Waals surface area contributed by atoms with E-state index >= 15 is 0 Å². The Morgan fingerprint density at radius 2 is 1.59 bits per heavy atom. The van der Waals surface area contributed by atoms with Gasteiger partial charge in [0.1, 0.15) is 0 Å². The zero-order valence-electron chi connectivity index (χ0n) is 16.8. The highest BCUT2D eigenvalue weighted by atomic mass is 35.5. The van der Waals surface area contributed by atoms with Crippen LogP contribution in [0.5, 0.6) is 0 Å². The minimum atomic E-state index is -1.02. The number of nitro benzene ring substituents is 1. The summed E-state index contributed by atoms with van der Waals surface area (Å²) in [7, 11) is 0. The number of non-ortho nitro benzene ring substituents is 1. The second-order valence-corrected chi connectivity index (χ2v) is 7.20. The van der Waals surface area contributed by atoms with Crippen molar-refractivity contribution >= 4 is 40.6 Å². The summed E-state index contributed by atoms with van der Waals surface area (Å²) >= 11 is 5.89. The number of ether oxygens (including phenoxy) is 1. The van der Waals surface area contributed by atoms with Gasteiger partial charge in [0, 0.05) is 34.0 Å². The van der Waals surface area contributed by atoms with Crippen molar-refractivity contribution < 1.29 is 24.0 Å². The summed E-state index contributed by atoms with van der Waals surface area (Å²) < 4.78 is 5.24. The number of hydrogen-bond acceptors (Lipinski definition) is 6. The molecule has 0 aliphatic carbocycles. The molecule has 162 valence electrons. The summed E-state index contributed by atoms with van der Waals surface area (Å²) in [4.78, 5) is 47.4. The van der Waals surface area contributed by atoms with E-state index in [9.17, 15) is 24.5 Å². The number of nitrogens with zero attached hydrogens (tertiary/aromatic N) is 1. The average Bonchev–Trinajstić information content (AvgIpc) is 2.79. The molecule has 0 spiro atoms. The highest BCUT2D eigenvalue weighted by Gasteiger charge is 2.21. The Balaban J connectivity index is 1.63. The number of carbonyl (C=O) groups excluding carboxylic acids is 3. The van der Waals surface area contributed by atoms with E-state index in [4.69, 9.17) is 16.3 Å². The van der Waals surface area contributed by atoms with Crippen molar-refractivity contribution in [1.82, 2.24) is 0 Å². The highest BCUT2D eigenvalue weighted by Crippen LogP contribution is 2.18. The summed E-state index contributed by atoms with van der Waals surface area (Å²) in [6, 6.07) is 17.5. The lowest BCUT2D eigenvalue weighted by Gasteiger charge is -2.13. The SMILES string of the molecule is CC(OC(=O)c1ccc(NC(=O)c2cccc([N+](=O)[O-])c2)cc1)C(=O)c1cccc(Cl)c1. The number of carbonyl (C=O) groups is 3. The van der Waals surface area contributed by atoms with Gasteiger partial charge in [0.25, 0.3) is 11.6 Å². The molecule has 0 aliphatic rings. The fourth-order valence-electron chi connectivity index (χ4n) is 2.81. The van der Waals surface area contributed by atoms with Gasteiger partial charge in [0.05, 0.1) is 10.5 Å². The van der Waals surface area contributed by atoms with Crippen molar-refractivity contribution in [2.75, 3.05) is 5.32 Å². The van der Waals surface area contributed by atoms with Gasteiger partial charge in [0.15, 0.2) is 6.10 Å². The van der Waals surface area contributed by atoms with Crippen LogP contribution >= 0.6 is 11.6 Å². The maximum absolute atomic E-state index is 12.4. The molecule has 0 radical (unpaired) electrons. The van der Waals surface area contributed by atoms with Crippen LogP contribution < -0.4 is 5.32 Å². The van der Waals surface area contributed by atoms with Gasteiger partial charge >= 0.3 is 5.97 Å². The van der Waals surface area contributed by atoms with Crippen LogP contribution in [-0.4, -0.2) is 28.7 Å². The number of hydrogen-bond donors (Lipinski definition) is 1. The van der Waals surface area contributed by atoms with Gasteiger partial charge < -0.3 is 10.1 Å². The molecule has 0 aromatic heterocycles. The maximum atomic E-state index is 12.4. The van der Waals surface area contributed by atoms with Crippen LogP contribution in [0.15, 0.2) is 72.8 Å². The van der Waals surface area contributed by atoms with Crippen LogP contribution in [0.2, 0.25) is 5.02 Å². The molecule has 3 aromatic rings. The van der Waals surface area contributed by atoms with Crippen LogP contribution in [0.3, 0.4) is 0 Å². The number of nitro groups is 1. The van der Waals surface area contributed by atoms with Gasteiger partial charge in [-0.15, -0.1) is 0 Å². The lowest BCUT2D eigenvalue weighted by Crippen LogP contribution is -2.24. The third kappa shape index (κ3) is 5.55. The number of esters is 1. The van der Waals surface area contributed by atoms with E-state index < -0.39 is 22.9 Å². The number of amides is 1. The summed E-state index contributed by atoms with van der Waals surface area (Å²) in [5.74, 6) is -1.63. The number of ketones is 1. The van der Waals surface area contributed by atoms with Crippen molar-refractivity contribution in [2.45, 2.75) is 13.0 Å². The third-order valence-electron chi connectivity index (χ3n) is 4.46. The molecule has 1 N–H and O–H groups in total. The number of Topliss-reactive ketones (excluding diaryl/α,β-unsaturated/α-hetero) is 1. The highest BCUT2D eigenvalue weighted by molar-refractivity contribution is 6.31. The molecule has 1 atom stereocenters. The predicted octanol–water partition coefficient (Wildman–Crippen LogP) is 4.93. The van der Waals surface area contributed by atoms with Crippen LogP contribution in [0.4, 0.5) is 11.4 Å². The lowest BCUT2D eigenvalue weighted by molar-refractivity contribution is -0.384. The quantitative estimate of drug-likeness (QED) is 0.235. The van der Waals surface area contributed by atoms with Crippen molar-refractivity contribution in [3.63, 3.8) is 0 Å². The first-order valence-electron chi connectivity index (χ1n) is 9.41. The number of anilines is 1. The smallest absolute Gasteiger partial charge is 0.338 e. The normalized spacial score (nSPS) is 11.3. The summed E-state index contributed by atoms with van der Waals surface area (Å²) in [5.41, 5.74) is 0.815. The molecule has 32 heavy (non-hydrogen) atoms. The number of halogens is 1. The van der Waals surface area contributed by atoms with Gasteiger partial charge in [-0.05, 0) is 49.4 Å². The van der Waals surface area contributed by atoms with Gasteiger partial charge in [-0.2, -0.15) is 0 Å². The molecule has 1 unspecified atom stereocenters. The molecule has 0 aliphatic heterocycles. The van der Waals surface area contributed by atoms with Crippen LogP contribution in [0.1, 0.15) is 38.0 Å². The largest absolute Gasteiger partial charge is 0.451 e. The summed E-state index contributed by atoms with van der Waals surface area (Å²) in [6.45, 7) is 1.47. The van der Waals surface area contributed by atoms with E-state index in [2.05, 4.69) is 5.32 Å². The molecule has 0 heterocycles. The third-order valence-corrected chi connectivity index (χ3v) is 4.69. The number of benzene rings is 3. The minimum Gasteiger partial charge on any atom is -0.451 e. The molecule has 0 bridgehead atoms. The number of nitrogens with one attached hydrogen (secondary N) is 1. The van der Waals surface area contributed by atoms with E-state index in [0.717, 1.165) is 0 Å². The summed E-state index contributed by atoms with van der Waals surface area (Å²) in [5, 5.41) is 13.8. The van der Waals surface area contributed by atoms with Crippen LogP contribution in [0, 0.1) is 10.1 Å². The average molecular weight is 453 g/mol. The summed E-state index contributed by atoms with van der Waals surface area (Å²) in [6.07, 6.45) is -1.02. The maximum Gasteiger partial charge on any atom is 0.338 e. The Morgan fingerprint density at radius 3 is 2.25 bits per heavy atom. The van der Waals surface area contributed by atoms with Crippen molar-refractivity contribution in [3.05, 3.63) is 105 Å². The fourth-order valence-corrected chi connectivity index (χ4v) is 3.00. The van der Waals surface area contributed by atoms with Crippen molar-refractivity contribution in [3.8, 4) is 0 Å². The molecule has 0 saturated carbocycles. The molecule has 9 heteroatoms. The van der Waals surface area contributed by atoms with Crippen LogP contribution in [-0.2, 0) is 4.74 Å². The Hall–Kier alpha value is -4.04. The van der Waals surface area contributed by atoms with Crippen molar-refractivity contribution in [2.24, 2.45) is 0 Å². The molecule has 8 nitrogen and oxygen atoms in total. The van der Waals surface area contributed by atoms with Crippen LogP contribution in [0.25, 0.3) is 0 Å². The Morgan fingerprint density at radius 1 is 0.938 bits per heavy atom. The van der Waals surface area contributed by atoms with Crippen molar-refractivity contribution in [1.29, 1.82) is 0 Å². The first kappa shape index (κ1) is 22.6. The van der Waals surface area contributed by atoms with E-state index in [1.165, 1.54) is 61.5 Å². The second kappa shape index (κ2) is 9.84. The van der Waals surface area contributed by atoms with Gasteiger partial charge in [0.2, 0.25) is 5.78 Å². The molecule has 0 saturated heterocycles. The van der Waals surface area contributed by atoms with Gasteiger partial charge in [-0.25, -0.2) is 4.79 Å². The molecule has 0 fully saturated rings. The molecule has 1 amide bonds.